The van der Waals surface area contributed by atoms with E-state index in [2.05, 4.69) is 11.6 Å². The molecule has 0 amide bonds. The van der Waals surface area contributed by atoms with Crippen molar-refractivity contribution in [3.8, 4) is 0 Å². The van der Waals surface area contributed by atoms with Gasteiger partial charge in [0.15, 0.2) is 5.17 Å². The maximum Gasteiger partial charge on any atom is 0.157 e. The van der Waals surface area contributed by atoms with Crippen molar-refractivity contribution < 1.29 is 0 Å². The molecule has 1 aliphatic heterocycles. The number of amidine groups is 1. The SMILES string of the molecule is CSC1(CN=C2NC3(CCCC3)CS2)CCCC1. The van der Waals surface area contributed by atoms with E-state index in [-0.39, 0.29) is 0 Å². The third-order valence-electron chi connectivity index (χ3n) is 4.88. The van der Waals surface area contributed by atoms with Crippen molar-refractivity contribution in [3.63, 3.8) is 0 Å². The average Bonchev–Trinajstić information content (AvgIpc) is 3.11. The van der Waals surface area contributed by atoms with Crippen molar-refractivity contribution in [1.82, 2.24) is 5.32 Å². The van der Waals surface area contributed by atoms with Crippen molar-refractivity contribution in [2.75, 3.05) is 18.6 Å². The molecule has 1 heterocycles. The predicted octanol–water partition coefficient (Wildman–Crippen LogP) is 3.67. The normalized spacial score (nSPS) is 31.3. The van der Waals surface area contributed by atoms with Crippen LogP contribution in [-0.2, 0) is 0 Å². The lowest BCUT2D eigenvalue weighted by molar-refractivity contribution is 0.452. The van der Waals surface area contributed by atoms with Gasteiger partial charge in [0.1, 0.15) is 0 Å². The second kappa shape index (κ2) is 5.28. The highest BCUT2D eigenvalue weighted by molar-refractivity contribution is 8.14. The zero-order chi connectivity index (χ0) is 12.5. The highest BCUT2D eigenvalue weighted by Gasteiger charge is 2.40. The van der Waals surface area contributed by atoms with E-state index in [0.717, 1.165) is 6.54 Å². The van der Waals surface area contributed by atoms with Crippen molar-refractivity contribution in [2.24, 2.45) is 4.99 Å². The molecule has 3 aliphatic rings. The molecule has 0 aromatic carbocycles. The van der Waals surface area contributed by atoms with Crippen LogP contribution in [0.1, 0.15) is 51.4 Å². The maximum atomic E-state index is 4.91. The molecule has 0 bridgehead atoms. The summed E-state index contributed by atoms with van der Waals surface area (Å²) in [4.78, 5) is 4.91. The van der Waals surface area contributed by atoms with Gasteiger partial charge in [-0.25, -0.2) is 0 Å². The van der Waals surface area contributed by atoms with Crippen molar-refractivity contribution in [2.45, 2.75) is 61.7 Å². The molecule has 1 N–H and O–H groups in total. The molecule has 4 heteroatoms. The van der Waals surface area contributed by atoms with Gasteiger partial charge in [0.2, 0.25) is 0 Å². The Labute approximate surface area is 119 Å². The van der Waals surface area contributed by atoms with Crippen LogP contribution in [0.4, 0.5) is 0 Å². The molecule has 3 rings (SSSR count). The van der Waals surface area contributed by atoms with Crippen LogP contribution in [0.5, 0.6) is 0 Å². The Balaban J connectivity index is 1.60. The van der Waals surface area contributed by atoms with Gasteiger partial charge in [0.05, 0.1) is 6.54 Å². The second-order valence-electron chi connectivity index (χ2n) is 6.12. The van der Waals surface area contributed by atoms with Crippen molar-refractivity contribution in [1.29, 1.82) is 0 Å². The summed E-state index contributed by atoms with van der Waals surface area (Å²) in [6, 6.07) is 0. The van der Waals surface area contributed by atoms with Crippen LogP contribution in [0.15, 0.2) is 4.99 Å². The number of nitrogens with one attached hydrogen (secondary N) is 1. The second-order valence-corrected chi connectivity index (χ2v) is 8.36. The molecule has 2 saturated carbocycles. The third kappa shape index (κ3) is 2.55. The summed E-state index contributed by atoms with van der Waals surface area (Å²) in [6.45, 7) is 1.03. The summed E-state index contributed by atoms with van der Waals surface area (Å²) in [6.07, 6.45) is 13.3. The van der Waals surface area contributed by atoms with Gasteiger partial charge in [-0.2, -0.15) is 11.8 Å². The van der Waals surface area contributed by atoms with Gasteiger partial charge in [0, 0.05) is 16.0 Å². The Kier molecular flexibility index (Phi) is 3.86. The minimum absolute atomic E-state index is 0.422. The number of hydrogen-bond acceptors (Lipinski definition) is 3. The van der Waals surface area contributed by atoms with Gasteiger partial charge in [0.25, 0.3) is 0 Å². The lowest BCUT2D eigenvalue weighted by Gasteiger charge is -2.25. The Morgan fingerprint density at radius 2 is 1.83 bits per heavy atom. The van der Waals surface area contributed by atoms with Crippen LogP contribution >= 0.6 is 23.5 Å². The standard InChI is InChI=1S/C14H24N2S2/c1-17-14(8-4-5-9-14)10-15-12-16-13(11-18-12)6-2-3-7-13/h2-11H2,1H3,(H,15,16). The first-order valence-electron chi connectivity index (χ1n) is 7.27. The topological polar surface area (TPSA) is 24.4 Å². The van der Waals surface area contributed by atoms with Crippen LogP contribution in [0, 0.1) is 0 Å². The summed E-state index contributed by atoms with van der Waals surface area (Å²) in [5, 5.41) is 4.97. The van der Waals surface area contributed by atoms with E-state index in [1.165, 1.54) is 62.3 Å². The summed E-state index contributed by atoms with van der Waals surface area (Å²) in [5.74, 6) is 1.25. The molecule has 1 saturated heterocycles. The molecule has 2 aliphatic carbocycles. The van der Waals surface area contributed by atoms with Gasteiger partial charge < -0.3 is 5.32 Å². The van der Waals surface area contributed by atoms with Crippen LogP contribution in [0.25, 0.3) is 0 Å². The summed E-state index contributed by atoms with van der Waals surface area (Å²) in [7, 11) is 0. The first-order chi connectivity index (χ1) is 8.76. The van der Waals surface area contributed by atoms with E-state index in [9.17, 15) is 0 Å². The van der Waals surface area contributed by atoms with E-state index >= 15 is 0 Å². The minimum Gasteiger partial charge on any atom is -0.359 e. The number of hydrogen-bond donors (Lipinski definition) is 1. The lowest BCUT2D eigenvalue weighted by atomic mass is 10.0. The first kappa shape index (κ1) is 13.2. The molecule has 18 heavy (non-hydrogen) atoms. The van der Waals surface area contributed by atoms with Crippen LogP contribution in [0.3, 0.4) is 0 Å². The first-order valence-corrected chi connectivity index (χ1v) is 9.48. The Morgan fingerprint density at radius 3 is 2.50 bits per heavy atom. The van der Waals surface area contributed by atoms with Gasteiger partial charge in [-0.1, -0.05) is 37.4 Å². The van der Waals surface area contributed by atoms with E-state index < -0.39 is 0 Å². The molecular weight excluding hydrogens is 260 g/mol. The minimum atomic E-state index is 0.422. The van der Waals surface area contributed by atoms with E-state index in [1.807, 2.05) is 23.5 Å². The number of rotatable bonds is 3. The highest BCUT2D eigenvalue weighted by Crippen LogP contribution is 2.41. The molecule has 1 spiro atoms. The van der Waals surface area contributed by atoms with Crippen LogP contribution < -0.4 is 5.32 Å². The predicted molar refractivity (Wildman–Crippen MR) is 83.8 cm³/mol. The quantitative estimate of drug-likeness (QED) is 0.856. The average molecular weight is 284 g/mol. The van der Waals surface area contributed by atoms with Crippen molar-refractivity contribution in [3.05, 3.63) is 0 Å². The zero-order valence-electron chi connectivity index (χ0n) is 11.3. The van der Waals surface area contributed by atoms with Gasteiger partial charge in [-0.3, -0.25) is 4.99 Å². The van der Waals surface area contributed by atoms with E-state index in [4.69, 9.17) is 4.99 Å². The molecule has 0 unspecified atom stereocenters. The number of nitrogens with zero attached hydrogens (tertiary/aromatic N) is 1. The third-order valence-corrected chi connectivity index (χ3v) is 7.48. The Bertz CT molecular complexity index is 329. The van der Waals surface area contributed by atoms with Gasteiger partial charge in [-0.05, 0) is 31.9 Å². The molecule has 102 valence electrons. The van der Waals surface area contributed by atoms with E-state index in [0.29, 0.717) is 10.3 Å². The van der Waals surface area contributed by atoms with Crippen LogP contribution in [0.2, 0.25) is 0 Å². The zero-order valence-corrected chi connectivity index (χ0v) is 13.0. The molecule has 2 nitrogen and oxygen atoms in total. The molecule has 0 radical (unpaired) electrons. The maximum absolute atomic E-state index is 4.91. The largest absolute Gasteiger partial charge is 0.359 e. The Hall–Kier alpha value is 0.170. The van der Waals surface area contributed by atoms with E-state index in [1.54, 1.807) is 0 Å². The van der Waals surface area contributed by atoms with Gasteiger partial charge in [-0.15, -0.1) is 0 Å². The van der Waals surface area contributed by atoms with Crippen molar-refractivity contribution >= 4 is 28.7 Å². The van der Waals surface area contributed by atoms with Crippen LogP contribution in [-0.4, -0.2) is 34.0 Å². The highest BCUT2D eigenvalue weighted by atomic mass is 32.2. The fourth-order valence-electron chi connectivity index (χ4n) is 3.57. The molecule has 0 atom stereocenters. The fraction of sp³-hybridized carbons (Fsp3) is 0.929. The molecule has 0 aromatic heterocycles. The molecular formula is C14H24N2S2. The number of thioether (sulfide) groups is 2. The molecule has 0 aromatic rings. The molecule has 3 fully saturated rings. The monoisotopic (exact) mass is 284 g/mol. The summed E-state index contributed by atoms with van der Waals surface area (Å²) >= 11 is 4.00. The van der Waals surface area contributed by atoms with Gasteiger partial charge >= 0.3 is 0 Å². The Morgan fingerprint density at radius 1 is 1.17 bits per heavy atom. The summed E-state index contributed by atoms with van der Waals surface area (Å²) in [5.41, 5.74) is 0.422. The lowest BCUT2D eigenvalue weighted by Crippen LogP contribution is -2.41. The summed E-state index contributed by atoms with van der Waals surface area (Å²) < 4.78 is 0.459. The fourth-order valence-corrected chi connectivity index (χ4v) is 5.68. The smallest absolute Gasteiger partial charge is 0.157 e. The number of aliphatic imine (C=N–C) groups is 1.